The molecule has 1 saturated carbocycles. The van der Waals surface area contributed by atoms with Crippen molar-refractivity contribution in [1.29, 1.82) is 0 Å². The molecule has 3 aromatic rings. The van der Waals surface area contributed by atoms with Crippen LogP contribution in [-0.4, -0.2) is 42.2 Å². The Hall–Kier alpha value is -4.06. The van der Waals surface area contributed by atoms with E-state index >= 15 is 0 Å². The Morgan fingerprint density at radius 1 is 0.533 bits per heavy atom. The van der Waals surface area contributed by atoms with Crippen LogP contribution >= 0.6 is 0 Å². The second-order valence-electron chi connectivity index (χ2n) is 11.6. The summed E-state index contributed by atoms with van der Waals surface area (Å²) >= 11 is 0. The standard InChI is InChI=1S/C39H50O6/c1-9-10-11-14-17-45-37-25-33(32-24-35(41-5)27(3)19-38(32)43-7)39(44-8)23-31(37)21-29-16-13-12-15-28(29)20-30-22-34(40-4)26(2)18-36(30)42-6/h18-25H,9-17H2,1-8H3/b28-20+,29-21-. The van der Waals surface area contributed by atoms with Gasteiger partial charge >= 0.3 is 0 Å². The van der Waals surface area contributed by atoms with Crippen LogP contribution in [0.1, 0.15) is 80.5 Å². The Kier molecular flexibility index (Phi) is 12.3. The van der Waals surface area contributed by atoms with E-state index in [1.807, 2.05) is 32.0 Å². The highest BCUT2D eigenvalue weighted by molar-refractivity contribution is 5.82. The fourth-order valence-electron chi connectivity index (χ4n) is 6.01. The van der Waals surface area contributed by atoms with Gasteiger partial charge in [0.25, 0.3) is 0 Å². The van der Waals surface area contributed by atoms with E-state index in [1.54, 1.807) is 35.5 Å². The molecule has 242 valence electrons. The van der Waals surface area contributed by atoms with E-state index in [0.29, 0.717) is 6.61 Å². The fraction of sp³-hybridized carbons (Fsp3) is 0.436. The Morgan fingerprint density at radius 3 is 1.56 bits per heavy atom. The Labute approximate surface area is 270 Å². The lowest BCUT2D eigenvalue weighted by Gasteiger charge is -2.21. The molecule has 0 amide bonds. The molecule has 6 nitrogen and oxygen atoms in total. The van der Waals surface area contributed by atoms with Crippen molar-refractivity contribution in [3.05, 3.63) is 69.8 Å². The van der Waals surface area contributed by atoms with Crippen molar-refractivity contribution in [3.63, 3.8) is 0 Å². The summed E-state index contributed by atoms with van der Waals surface area (Å²) in [6.07, 6.45) is 13.3. The monoisotopic (exact) mass is 614 g/mol. The molecule has 0 saturated heterocycles. The van der Waals surface area contributed by atoms with Crippen molar-refractivity contribution in [1.82, 2.24) is 0 Å². The van der Waals surface area contributed by atoms with E-state index in [9.17, 15) is 0 Å². The summed E-state index contributed by atoms with van der Waals surface area (Å²) in [4.78, 5) is 0. The number of ether oxygens (including phenoxy) is 6. The van der Waals surface area contributed by atoms with E-state index < -0.39 is 0 Å². The molecule has 0 spiro atoms. The normalized spacial score (nSPS) is 14.8. The number of methoxy groups -OCH3 is 5. The third-order valence-corrected chi connectivity index (χ3v) is 8.56. The number of hydrogen-bond donors (Lipinski definition) is 0. The maximum atomic E-state index is 6.55. The van der Waals surface area contributed by atoms with Crippen LogP contribution in [0.15, 0.2) is 47.5 Å². The summed E-state index contributed by atoms with van der Waals surface area (Å²) in [6, 6.07) is 12.3. The highest BCUT2D eigenvalue weighted by atomic mass is 16.5. The molecule has 0 aromatic heterocycles. The first kappa shape index (κ1) is 33.8. The van der Waals surface area contributed by atoms with Crippen LogP contribution in [0.5, 0.6) is 34.5 Å². The van der Waals surface area contributed by atoms with Crippen LogP contribution < -0.4 is 28.4 Å². The first-order valence-electron chi connectivity index (χ1n) is 16.1. The number of benzene rings is 3. The van der Waals surface area contributed by atoms with Gasteiger partial charge in [0.05, 0.1) is 42.2 Å². The van der Waals surface area contributed by atoms with Crippen molar-refractivity contribution < 1.29 is 28.4 Å². The molecule has 0 aliphatic heterocycles. The zero-order chi connectivity index (χ0) is 32.3. The summed E-state index contributed by atoms with van der Waals surface area (Å²) in [5, 5.41) is 0. The van der Waals surface area contributed by atoms with Gasteiger partial charge in [0.1, 0.15) is 34.5 Å². The quantitative estimate of drug-likeness (QED) is 0.168. The molecule has 1 fully saturated rings. The molecule has 0 N–H and O–H groups in total. The second kappa shape index (κ2) is 16.3. The fourth-order valence-corrected chi connectivity index (χ4v) is 6.01. The Morgan fingerprint density at radius 2 is 1.00 bits per heavy atom. The largest absolute Gasteiger partial charge is 0.496 e. The van der Waals surface area contributed by atoms with E-state index in [4.69, 9.17) is 28.4 Å². The lowest BCUT2D eigenvalue weighted by Crippen LogP contribution is -2.03. The zero-order valence-corrected chi connectivity index (χ0v) is 28.4. The van der Waals surface area contributed by atoms with E-state index in [1.165, 1.54) is 24.0 Å². The lowest BCUT2D eigenvalue weighted by atomic mass is 9.86. The molecule has 0 unspecified atom stereocenters. The minimum absolute atomic E-state index is 0.652. The van der Waals surface area contributed by atoms with Crippen molar-refractivity contribution in [2.45, 2.75) is 72.1 Å². The van der Waals surface area contributed by atoms with Crippen molar-refractivity contribution in [2.24, 2.45) is 0 Å². The molecule has 1 aliphatic carbocycles. The van der Waals surface area contributed by atoms with Crippen LogP contribution in [0, 0.1) is 13.8 Å². The first-order valence-corrected chi connectivity index (χ1v) is 16.1. The van der Waals surface area contributed by atoms with Crippen LogP contribution in [0.4, 0.5) is 0 Å². The molecular weight excluding hydrogens is 564 g/mol. The van der Waals surface area contributed by atoms with Crippen LogP contribution in [0.25, 0.3) is 23.3 Å². The highest BCUT2D eigenvalue weighted by Crippen LogP contribution is 2.44. The van der Waals surface area contributed by atoms with Gasteiger partial charge in [-0.3, -0.25) is 0 Å². The maximum absolute atomic E-state index is 6.55. The molecule has 4 rings (SSSR count). The molecule has 6 heteroatoms. The van der Waals surface area contributed by atoms with E-state index in [-0.39, 0.29) is 0 Å². The minimum atomic E-state index is 0.652. The number of hydrogen-bond acceptors (Lipinski definition) is 6. The third-order valence-electron chi connectivity index (χ3n) is 8.56. The van der Waals surface area contributed by atoms with Crippen molar-refractivity contribution >= 4 is 12.2 Å². The topological polar surface area (TPSA) is 55.4 Å². The summed E-state index contributed by atoms with van der Waals surface area (Å²) in [5.74, 6) is 4.82. The summed E-state index contributed by atoms with van der Waals surface area (Å²) < 4.78 is 35.5. The average molecular weight is 615 g/mol. The van der Waals surface area contributed by atoms with Gasteiger partial charge < -0.3 is 28.4 Å². The predicted molar refractivity (Wildman–Crippen MR) is 185 cm³/mol. The van der Waals surface area contributed by atoms with Crippen LogP contribution in [0.3, 0.4) is 0 Å². The van der Waals surface area contributed by atoms with E-state index in [0.717, 1.165) is 106 Å². The van der Waals surface area contributed by atoms with Gasteiger partial charge in [-0.2, -0.15) is 0 Å². The van der Waals surface area contributed by atoms with Gasteiger partial charge in [-0.15, -0.1) is 0 Å². The highest BCUT2D eigenvalue weighted by Gasteiger charge is 2.20. The Bertz CT molecular complexity index is 1520. The summed E-state index contributed by atoms with van der Waals surface area (Å²) in [7, 11) is 8.52. The van der Waals surface area contributed by atoms with Gasteiger partial charge in [-0.1, -0.05) is 26.2 Å². The zero-order valence-electron chi connectivity index (χ0n) is 28.4. The smallest absolute Gasteiger partial charge is 0.127 e. The Balaban J connectivity index is 1.85. The first-order chi connectivity index (χ1) is 21.9. The molecule has 3 aromatic carbocycles. The molecule has 0 heterocycles. The molecular formula is C39H50O6. The van der Waals surface area contributed by atoms with Gasteiger partial charge in [-0.05, 0) is 117 Å². The second-order valence-corrected chi connectivity index (χ2v) is 11.6. The maximum Gasteiger partial charge on any atom is 0.127 e. The van der Waals surface area contributed by atoms with Crippen molar-refractivity contribution in [3.8, 4) is 45.6 Å². The molecule has 0 atom stereocenters. The summed E-state index contributed by atoms with van der Waals surface area (Å²) in [5.41, 5.74) is 8.45. The minimum Gasteiger partial charge on any atom is -0.496 e. The predicted octanol–water partition coefficient (Wildman–Crippen LogP) is 10.0. The van der Waals surface area contributed by atoms with Gasteiger partial charge in [0.15, 0.2) is 0 Å². The average Bonchev–Trinajstić information content (AvgIpc) is 3.06. The SMILES string of the molecule is CCCCCCOc1cc(-c2cc(OC)c(C)cc2OC)c(OC)cc1/C=C1/CCCC/C1=C\c1cc(OC)c(C)cc1OC. The van der Waals surface area contributed by atoms with Crippen LogP contribution in [-0.2, 0) is 0 Å². The third kappa shape index (κ3) is 8.16. The number of aryl methyl sites for hydroxylation is 2. The van der Waals surface area contributed by atoms with Gasteiger partial charge in [-0.25, -0.2) is 0 Å². The van der Waals surface area contributed by atoms with Gasteiger partial charge in [0.2, 0.25) is 0 Å². The number of allylic oxidation sites excluding steroid dienone is 2. The lowest BCUT2D eigenvalue weighted by molar-refractivity contribution is 0.304. The molecule has 0 radical (unpaired) electrons. The van der Waals surface area contributed by atoms with E-state index in [2.05, 4.69) is 37.3 Å². The summed E-state index contributed by atoms with van der Waals surface area (Å²) in [6.45, 7) is 6.92. The van der Waals surface area contributed by atoms with Crippen LogP contribution in [0.2, 0.25) is 0 Å². The number of rotatable bonds is 14. The molecule has 45 heavy (non-hydrogen) atoms. The molecule has 1 aliphatic rings. The van der Waals surface area contributed by atoms with Gasteiger partial charge in [0, 0.05) is 22.3 Å². The molecule has 0 bridgehead atoms. The van der Waals surface area contributed by atoms with Crippen molar-refractivity contribution in [2.75, 3.05) is 42.2 Å². The number of unbranched alkanes of at least 4 members (excludes halogenated alkanes) is 3.